The van der Waals surface area contributed by atoms with Crippen molar-refractivity contribution >= 4 is 11.6 Å². The summed E-state index contributed by atoms with van der Waals surface area (Å²) in [6.45, 7) is 1.95. The van der Waals surface area contributed by atoms with Crippen LogP contribution in [-0.4, -0.2) is 25.7 Å². The summed E-state index contributed by atoms with van der Waals surface area (Å²) in [5.74, 6) is 0.792. The first-order chi connectivity index (χ1) is 11.6. The molecule has 0 N–H and O–H groups in total. The summed E-state index contributed by atoms with van der Waals surface area (Å²) in [5.41, 5.74) is 2.60. The minimum Gasteiger partial charge on any atom is -0.493 e. The van der Waals surface area contributed by atoms with Crippen molar-refractivity contribution < 1.29 is 14.3 Å². The number of rotatable bonds is 4. The molecular weight excluding hydrogens is 304 g/mol. The number of ether oxygens (including phenoxy) is 2. The maximum atomic E-state index is 12.6. The van der Waals surface area contributed by atoms with Crippen LogP contribution in [0.2, 0.25) is 0 Å². The summed E-state index contributed by atoms with van der Waals surface area (Å²) >= 11 is 0. The molecule has 1 aliphatic rings. The highest BCUT2D eigenvalue weighted by Crippen LogP contribution is 2.32. The Bertz CT molecular complexity index is 810. The molecule has 0 aromatic heterocycles. The number of nitriles is 1. The minimum atomic E-state index is -0.0983. The maximum Gasteiger partial charge on any atom is 0.265 e. The van der Waals surface area contributed by atoms with Gasteiger partial charge in [0, 0.05) is 17.8 Å². The van der Waals surface area contributed by atoms with Gasteiger partial charge in [-0.3, -0.25) is 4.79 Å². The lowest BCUT2D eigenvalue weighted by molar-refractivity contribution is -0.120. The summed E-state index contributed by atoms with van der Waals surface area (Å²) in [4.78, 5) is 14.4. The molecule has 5 heteroatoms. The van der Waals surface area contributed by atoms with E-state index in [1.165, 1.54) is 12.7 Å². The number of amides is 1. The number of fused-ring (bicyclic) bond motifs is 1. The molecule has 5 nitrogen and oxygen atoms in total. The zero-order valence-corrected chi connectivity index (χ0v) is 13.7. The first-order valence-corrected chi connectivity index (χ1v) is 7.75. The number of anilines is 1. The van der Waals surface area contributed by atoms with Gasteiger partial charge < -0.3 is 14.4 Å². The topological polar surface area (TPSA) is 62.6 Å². The fourth-order valence-corrected chi connectivity index (χ4v) is 3.01. The number of carbonyl (C=O) groups excluding carboxylic acids is 1. The van der Waals surface area contributed by atoms with Crippen molar-refractivity contribution in [2.24, 2.45) is 0 Å². The van der Waals surface area contributed by atoms with Crippen LogP contribution in [0.3, 0.4) is 0 Å². The summed E-state index contributed by atoms with van der Waals surface area (Å²) < 4.78 is 10.9. The van der Waals surface area contributed by atoms with Crippen LogP contribution < -0.4 is 14.4 Å². The largest absolute Gasteiger partial charge is 0.493 e. The van der Waals surface area contributed by atoms with Crippen molar-refractivity contribution in [1.29, 1.82) is 5.26 Å². The number of hydrogen-bond acceptors (Lipinski definition) is 4. The summed E-state index contributed by atoms with van der Waals surface area (Å²) in [7, 11) is 1.50. The Kier molecular flexibility index (Phi) is 4.39. The average Bonchev–Trinajstić information content (AvgIpc) is 2.95. The van der Waals surface area contributed by atoms with E-state index in [2.05, 4.69) is 0 Å². The molecule has 0 spiro atoms. The molecule has 0 aliphatic carbocycles. The lowest BCUT2D eigenvalue weighted by atomic mass is 10.1. The van der Waals surface area contributed by atoms with Crippen LogP contribution >= 0.6 is 0 Å². The SMILES string of the molecule is COc1cc(C#N)ccc1OCC(=O)N1c2ccccc2C[C@H]1C. The third kappa shape index (κ3) is 2.91. The number of carbonyl (C=O) groups is 1. The normalized spacial score (nSPS) is 15.5. The van der Waals surface area contributed by atoms with Crippen LogP contribution in [0.4, 0.5) is 5.69 Å². The maximum absolute atomic E-state index is 12.6. The monoisotopic (exact) mass is 322 g/mol. The van der Waals surface area contributed by atoms with Gasteiger partial charge in [0.1, 0.15) is 0 Å². The third-order valence-corrected chi connectivity index (χ3v) is 4.12. The van der Waals surface area contributed by atoms with Gasteiger partial charge in [-0.15, -0.1) is 0 Å². The molecule has 1 heterocycles. The van der Waals surface area contributed by atoms with Crippen LogP contribution in [0.15, 0.2) is 42.5 Å². The molecule has 1 atom stereocenters. The molecule has 0 unspecified atom stereocenters. The zero-order valence-electron chi connectivity index (χ0n) is 13.7. The molecule has 3 rings (SSSR count). The van der Waals surface area contributed by atoms with E-state index in [-0.39, 0.29) is 18.6 Å². The molecule has 2 aromatic carbocycles. The first-order valence-electron chi connectivity index (χ1n) is 7.75. The van der Waals surface area contributed by atoms with Crippen molar-refractivity contribution in [3.05, 3.63) is 53.6 Å². The molecule has 0 saturated carbocycles. The summed E-state index contributed by atoms with van der Waals surface area (Å²) in [6, 6.07) is 14.9. The Morgan fingerprint density at radius 3 is 2.83 bits per heavy atom. The van der Waals surface area contributed by atoms with Gasteiger partial charge in [0.15, 0.2) is 18.1 Å². The molecule has 2 aromatic rings. The number of nitrogens with zero attached hydrogens (tertiary/aromatic N) is 2. The van der Waals surface area contributed by atoms with Crippen molar-refractivity contribution in [1.82, 2.24) is 0 Å². The van der Waals surface area contributed by atoms with Gasteiger partial charge in [0.05, 0.1) is 18.7 Å². The Balaban J connectivity index is 1.74. The molecule has 0 fully saturated rings. The molecule has 0 bridgehead atoms. The van der Waals surface area contributed by atoms with Gasteiger partial charge in [-0.25, -0.2) is 0 Å². The highest BCUT2D eigenvalue weighted by molar-refractivity contribution is 5.97. The Morgan fingerprint density at radius 2 is 2.08 bits per heavy atom. The van der Waals surface area contributed by atoms with Gasteiger partial charge in [-0.05, 0) is 37.1 Å². The highest BCUT2D eigenvalue weighted by atomic mass is 16.5. The second-order valence-electron chi connectivity index (χ2n) is 5.71. The van der Waals surface area contributed by atoms with Gasteiger partial charge in [0.2, 0.25) is 0 Å². The van der Waals surface area contributed by atoms with E-state index in [1.807, 2.05) is 37.3 Å². The summed E-state index contributed by atoms with van der Waals surface area (Å²) in [5, 5.41) is 8.93. The molecule has 0 radical (unpaired) electrons. The van der Waals surface area contributed by atoms with E-state index in [0.29, 0.717) is 17.1 Å². The van der Waals surface area contributed by atoms with Gasteiger partial charge >= 0.3 is 0 Å². The lowest BCUT2D eigenvalue weighted by Gasteiger charge is -2.23. The zero-order chi connectivity index (χ0) is 17.1. The Labute approximate surface area is 141 Å². The van der Waals surface area contributed by atoms with Crippen LogP contribution in [0, 0.1) is 11.3 Å². The fourth-order valence-electron chi connectivity index (χ4n) is 3.01. The summed E-state index contributed by atoms with van der Waals surface area (Å²) in [6.07, 6.45) is 0.849. The molecule has 0 saturated heterocycles. The number of para-hydroxylation sites is 1. The quantitative estimate of drug-likeness (QED) is 0.868. The van der Waals surface area contributed by atoms with E-state index in [4.69, 9.17) is 14.7 Å². The average molecular weight is 322 g/mol. The van der Waals surface area contributed by atoms with Crippen LogP contribution in [0.1, 0.15) is 18.1 Å². The first kappa shape index (κ1) is 15.9. The van der Waals surface area contributed by atoms with Crippen LogP contribution in [0.25, 0.3) is 0 Å². The number of benzene rings is 2. The van der Waals surface area contributed by atoms with Crippen LogP contribution in [-0.2, 0) is 11.2 Å². The van der Waals surface area contributed by atoms with Crippen LogP contribution in [0.5, 0.6) is 11.5 Å². The van der Waals surface area contributed by atoms with Crippen molar-refractivity contribution in [2.75, 3.05) is 18.6 Å². The Morgan fingerprint density at radius 1 is 1.29 bits per heavy atom. The molecular formula is C19H18N2O3. The van der Waals surface area contributed by atoms with E-state index < -0.39 is 0 Å². The van der Waals surface area contributed by atoms with Crippen molar-refractivity contribution in [3.8, 4) is 17.6 Å². The van der Waals surface area contributed by atoms with E-state index in [9.17, 15) is 4.79 Å². The number of hydrogen-bond donors (Lipinski definition) is 0. The second kappa shape index (κ2) is 6.63. The van der Waals surface area contributed by atoms with Crippen molar-refractivity contribution in [2.45, 2.75) is 19.4 Å². The van der Waals surface area contributed by atoms with Crippen molar-refractivity contribution in [3.63, 3.8) is 0 Å². The fraction of sp³-hybridized carbons (Fsp3) is 0.263. The van der Waals surface area contributed by atoms with E-state index in [1.54, 1.807) is 23.1 Å². The molecule has 122 valence electrons. The minimum absolute atomic E-state index is 0.0824. The van der Waals surface area contributed by atoms with Gasteiger partial charge in [0.25, 0.3) is 5.91 Å². The Hall–Kier alpha value is -3.00. The third-order valence-electron chi connectivity index (χ3n) is 4.12. The molecule has 24 heavy (non-hydrogen) atoms. The smallest absolute Gasteiger partial charge is 0.265 e. The van der Waals surface area contributed by atoms with Gasteiger partial charge in [-0.1, -0.05) is 18.2 Å². The predicted octanol–water partition coefficient (Wildman–Crippen LogP) is 2.92. The highest BCUT2D eigenvalue weighted by Gasteiger charge is 2.30. The molecule has 1 amide bonds. The lowest BCUT2D eigenvalue weighted by Crippen LogP contribution is -2.39. The standard InChI is InChI=1S/C19H18N2O3/c1-13-9-15-5-3-4-6-16(15)21(13)19(22)12-24-17-8-7-14(11-20)10-18(17)23-2/h3-8,10,13H,9,12H2,1-2H3/t13-/m1/s1. The second-order valence-corrected chi connectivity index (χ2v) is 5.71. The van der Waals surface area contributed by atoms with E-state index in [0.717, 1.165) is 12.1 Å². The van der Waals surface area contributed by atoms with Gasteiger partial charge in [-0.2, -0.15) is 5.26 Å². The number of methoxy groups -OCH3 is 1. The predicted molar refractivity (Wildman–Crippen MR) is 90.3 cm³/mol. The molecule has 1 aliphatic heterocycles. The van der Waals surface area contributed by atoms with E-state index >= 15 is 0 Å².